The van der Waals surface area contributed by atoms with Gasteiger partial charge in [-0.25, -0.2) is 9.59 Å². The highest BCUT2D eigenvalue weighted by Crippen LogP contribution is 2.37. The number of hydrogen-bond donors (Lipinski definition) is 3. The standard InChI is InChI=1S/C23H29NO3.C2H2O4/c1-26-23-16-19(6-7-21(23)25)17-8-12-24(13-9-17)14-10-18-11-15-27-22-5-3-2-4-20(18)22;3-1(4)2(5)6/h2-7,16-18,25H,8-15H2,1H3;(H,3,4)(H,5,6). The normalized spacial score (nSPS) is 18.3. The van der Waals surface area contributed by atoms with E-state index in [2.05, 4.69) is 29.2 Å². The van der Waals surface area contributed by atoms with Crippen LogP contribution < -0.4 is 9.47 Å². The molecule has 1 atom stereocenters. The minimum Gasteiger partial charge on any atom is -0.504 e. The van der Waals surface area contributed by atoms with E-state index >= 15 is 0 Å². The van der Waals surface area contributed by atoms with Crippen LogP contribution in [0.15, 0.2) is 42.5 Å². The zero-order valence-corrected chi connectivity index (χ0v) is 18.8. The number of methoxy groups -OCH3 is 1. The number of aliphatic carboxylic acids is 2. The lowest BCUT2D eigenvalue weighted by atomic mass is 9.87. The number of hydrogen-bond acceptors (Lipinski definition) is 6. The Morgan fingerprint density at radius 1 is 1.06 bits per heavy atom. The van der Waals surface area contributed by atoms with Gasteiger partial charge in [-0.1, -0.05) is 24.3 Å². The lowest BCUT2D eigenvalue weighted by molar-refractivity contribution is -0.159. The number of carbonyl (C=O) groups is 2. The summed E-state index contributed by atoms with van der Waals surface area (Å²) in [4.78, 5) is 20.8. The highest BCUT2D eigenvalue weighted by molar-refractivity contribution is 6.27. The van der Waals surface area contributed by atoms with Gasteiger partial charge in [-0.2, -0.15) is 0 Å². The van der Waals surface area contributed by atoms with E-state index in [1.54, 1.807) is 13.2 Å². The summed E-state index contributed by atoms with van der Waals surface area (Å²) in [5.41, 5.74) is 2.66. The predicted molar refractivity (Wildman–Crippen MR) is 122 cm³/mol. The van der Waals surface area contributed by atoms with Crippen LogP contribution in [0.5, 0.6) is 17.2 Å². The van der Waals surface area contributed by atoms with Crippen molar-refractivity contribution in [2.45, 2.75) is 37.5 Å². The SMILES string of the molecule is COc1cc(C2CCN(CCC3CCOc4ccccc43)CC2)ccc1O.O=C(O)C(=O)O. The van der Waals surface area contributed by atoms with Crippen LogP contribution in [0.1, 0.15) is 48.6 Å². The number of para-hydroxylation sites is 1. The number of rotatable bonds is 5. The fourth-order valence-electron chi connectivity index (χ4n) is 4.49. The van der Waals surface area contributed by atoms with Gasteiger partial charge in [0.05, 0.1) is 13.7 Å². The molecule has 0 amide bonds. The van der Waals surface area contributed by atoms with Crippen molar-refractivity contribution in [1.82, 2.24) is 4.90 Å². The van der Waals surface area contributed by atoms with E-state index < -0.39 is 11.9 Å². The third-order valence-corrected chi connectivity index (χ3v) is 6.32. The zero-order valence-electron chi connectivity index (χ0n) is 18.8. The van der Waals surface area contributed by atoms with Gasteiger partial charge in [0.2, 0.25) is 0 Å². The van der Waals surface area contributed by atoms with Crippen molar-refractivity contribution in [3.05, 3.63) is 53.6 Å². The maximum absolute atomic E-state index is 9.80. The molecule has 3 N–H and O–H groups in total. The van der Waals surface area contributed by atoms with Gasteiger partial charge < -0.3 is 29.7 Å². The Hall–Kier alpha value is -3.26. The van der Waals surface area contributed by atoms with Gasteiger partial charge in [0.1, 0.15) is 5.75 Å². The van der Waals surface area contributed by atoms with Gasteiger partial charge in [0, 0.05) is 0 Å². The van der Waals surface area contributed by atoms with Crippen LogP contribution in [0.4, 0.5) is 0 Å². The minimum absolute atomic E-state index is 0.218. The van der Waals surface area contributed by atoms with Gasteiger partial charge in [0.15, 0.2) is 11.5 Å². The van der Waals surface area contributed by atoms with E-state index in [4.69, 9.17) is 29.3 Å². The number of aromatic hydroxyl groups is 1. The summed E-state index contributed by atoms with van der Waals surface area (Å²) in [6.07, 6.45) is 4.66. The number of likely N-dealkylation sites (tertiary alicyclic amines) is 1. The second kappa shape index (κ2) is 11.6. The molecule has 0 bridgehead atoms. The topological polar surface area (TPSA) is 117 Å². The Kier molecular flexibility index (Phi) is 8.54. The van der Waals surface area contributed by atoms with Crippen LogP contribution in [0, 0.1) is 0 Å². The summed E-state index contributed by atoms with van der Waals surface area (Å²) in [6.45, 7) is 4.27. The quantitative estimate of drug-likeness (QED) is 0.582. The molecule has 178 valence electrons. The van der Waals surface area contributed by atoms with Crippen molar-refractivity contribution in [2.75, 3.05) is 33.4 Å². The number of nitrogens with zero attached hydrogens (tertiary/aromatic N) is 1. The van der Waals surface area contributed by atoms with Crippen molar-refractivity contribution in [2.24, 2.45) is 0 Å². The molecule has 8 heteroatoms. The molecule has 0 saturated carbocycles. The molecular weight excluding hydrogens is 426 g/mol. The van der Waals surface area contributed by atoms with Crippen LogP contribution >= 0.6 is 0 Å². The largest absolute Gasteiger partial charge is 0.504 e. The van der Waals surface area contributed by atoms with Gasteiger partial charge in [-0.15, -0.1) is 0 Å². The number of phenolic OH excluding ortho intramolecular Hbond substituents is 1. The highest BCUT2D eigenvalue weighted by atomic mass is 16.5. The van der Waals surface area contributed by atoms with E-state index in [1.165, 1.54) is 17.5 Å². The molecule has 1 fully saturated rings. The monoisotopic (exact) mass is 457 g/mol. The van der Waals surface area contributed by atoms with Gasteiger partial charge in [-0.05, 0) is 86.5 Å². The van der Waals surface area contributed by atoms with Crippen LogP contribution in [-0.2, 0) is 9.59 Å². The van der Waals surface area contributed by atoms with Gasteiger partial charge >= 0.3 is 11.9 Å². The van der Waals surface area contributed by atoms with Gasteiger partial charge in [0.25, 0.3) is 0 Å². The zero-order chi connectivity index (χ0) is 23.8. The fourth-order valence-corrected chi connectivity index (χ4v) is 4.49. The number of carboxylic acid groups (broad SMARTS) is 2. The number of benzene rings is 2. The van der Waals surface area contributed by atoms with Crippen LogP contribution in [-0.4, -0.2) is 65.5 Å². The average molecular weight is 458 g/mol. The molecule has 2 aliphatic heterocycles. The van der Waals surface area contributed by atoms with E-state index in [1.807, 2.05) is 12.1 Å². The Labute approximate surface area is 193 Å². The van der Waals surface area contributed by atoms with Crippen molar-refractivity contribution in [3.8, 4) is 17.2 Å². The maximum Gasteiger partial charge on any atom is 0.414 e. The Balaban J connectivity index is 0.000000454. The molecule has 33 heavy (non-hydrogen) atoms. The molecule has 2 aromatic rings. The van der Waals surface area contributed by atoms with Crippen LogP contribution in [0.3, 0.4) is 0 Å². The van der Waals surface area contributed by atoms with E-state index in [9.17, 15) is 5.11 Å². The van der Waals surface area contributed by atoms with Gasteiger partial charge in [-0.3, -0.25) is 0 Å². The number of ether oxygens (including phenoxy) is 2. The number of carboxylic acids is 2. The molecule has 0 radical (unpaired) electrons. The Morgan fingerprint density at radius 2 is 1.76 bits per heavy atom. The molecule has 1 saturated heterocycles. The van der Waals surface area contributed by atoms with E-state index in [0.29, 0.717) is 17.6 Å². The molecule has 1 unspecified atom stereocenters. The lowest BCUT2D eigenvalue weighted by Gasteiger charge is -2.34. The predicted octanol–water partition coefficient (Wildman–Crippen LogP) is 3.69. The Bertz CT molecular complexity index is 942. The average Bonchev–Trinajstić information content (AvgIpc) is 2.83. The summed E-state index contributed by atoms with van der Waals surface area (Å²) < 4.78 is 11.1. The van der Waals surface area contributed by atoms with Crippen LogP contribution in [0.25, 0.3) is 0 Å². The first-order chi connectivity index (χ1) is 15.9. The molecule has 2 heterocycles. The fraction of sp³-hybridized carbons (Fsp3) is 0.440. The molecule has 0 spiro atoms. The molecule has 0 aromatic heterocycles. The molecule has 2 aliphatic rings. The van der Waals surface area contributed by atoms with Crippen LogP contribution in [0.2, 0.25) is 0 Å². The summed E-state index contributed by atoms with van der Waals surface area (Å²) in [6, 6.07) is 14.3. The number of phenols is 1. The smallest absolute Gasteiger partial charge is 0.414 e. The second-order valence-electron chi connectivity index (χ2n) is 8.32. The first-order valence-corrected chi connectivity index (χ1v) is 11.2. The van der Waals surface area contributed by atoms with Crippen molar-refractivity contribution in [1.29, 1.82) is 0 Å². The minimum atomic E-state index is -1.82. The van der Waals surface area contributed by atoms with E-state index in [0.717, 1.165) is 51.3 Å². The summed E-state index contributed by atoms with van der Waals surface area (Å²) >= 11 is 0. The number of piperidine rings is 1. The van der Waals surface area contributed by atoms with Crippen molar-refractivity contribution >= 4 is 11.9 Å². The van der Waals surface area contributed by atoms with Crippen molar-refractivity contribution < 1.29 is 34.4 Å². The summed E-state index contributed by atoms with van der Waals surface area (Å²) in [5.74, 6) is -0.601. The first kappa shape index (κ1) is 24.4. The first-order valence-electron chi connectivity index (χ1n) is 11.2. The summed E-state index contributed by atoms with van der Waals surface area (Å²) in [7, 11) is 1.61. The molecule has 4 rings (SSSR count). The molecule has 2 aromatic carbocycles. The molecule has 8 nitrogen and oxygen atoms in total. The van der Waals surface area contributed by atoms with Crippen molar-refractivity contribution in [3.63, 3.8) is 0 Å². The lowest BCUT2D eigenvalue weighted by Crippen LogP contribution is -2.34. The second-order valence-corrected chi connectivity index (χ2v) is 8.32. The highest BCUT2D eigenvalue weighted by Gasteiger charge is 2.24. The number of fused-ring (bicyclic) bond motifs is 1. The molecular formula is C25H31NO7. The Morgan fingerprint density at radius 3 is 2.42 bits per heavy atom. The maximum atomic E-state index is 9.80. The third kappa shape index (κ3) is 6.61. The van der Waals surface area contributed by atoms with E-state index in [-0.39, 0.29) is 5.75 Å². The summed E-state index contributed by atoms with van der Waals surface area (Å²) in [5, 5.41) is 24.6. The molecule has 0 aliphatic carbocycles. The third-order valence-electron chi connectivity index (χ3n) is 6.32.